The highest BCUT2D eigenvalue weighted by molar-refractivity contribution is 5.76. The predicted molar refractivity (Wildman–Crippen MR) is 68.6 cm³/mol. The fraction of sp³-hybridized carbons (Fsp3) is 0.929. The first-order valence-electron chi connectivity index (χ1n) is 6.49. The third kappa shape index (κ3) is 8.11. The summed E-state index contributed by atoms with van der Waals surface area (Å²) < 4.78 is 40.8. The molecule has 5 heteroatoms. The normalized spacial score (nSPS) is 16.3. The third-order valence-electron chi connectivity index (χ3n) is 2.64. The van der Waals surface area contributed by atoms with E-state index in [9.17, 15) is 18.0 Å². The van der Waals surface area contributed by atoms with Crippen LogP contribution in [0.3, 0.4) is 0 Å². The van der Waals surface area contributed by atoms with Gasteiger partial charge in [0.2, 0.25) is 0 Å². The molecule has 0 fully saturated rings. The third-order valence-corrected chi connectivity index (χ3v) is 2.64. The minimum absolute atomic E-state index is 0.152. The minimum Gasteiger partial charge on any atom is -0.456 e. The number of rotatable bonds is 5. The first-order valence-corrected chi connectivity index (χ1v) is 6.49. The number of esters is 1. The molecule has 114 valence electrons. The van der Waals surface area contributed by atoms with Crippen LogP contribution in [0.2, 0.25) is 0 Å². The van der Waals surface area contributed by atoms with Gasteiger partial charge in [-0.1, -0.05) is 34.6 Å². The van der Waals surface area contributed by atoms with E-state index in [0.717, 1.165) is 0 Å². The van der Waals surface area contributed by atoms with Gasteiger partial charge in [-0.2, -0.15) is 13.2 Å². The zero-order chi connectivity index (χ0) is 15.5. The van der Waals surface area contributed by atoms with E-state index < -0.39 is 24.2 Å². The maximum atomic E-state index is 12.1. The Morgan fingerprint density at radius 1 is 1.11 bits per heavy atom. The highest BCUT2D eigenvalue weighted by Crippen LogP contribution is 2.39. The summed E-state index contributed by atoms with van der Waals surface area (Å²) in [7, 11) is 0. The summed E-state index contributed by atoms with van der Waals surface area (Å²) in [5.41, 5.74) is -1.03. The Labute approximate surface area is 113 Å². The molecule has 0 aliphatic heterocycles. The van der Waals surface area contributed by atoms with Gasteiger partial charge in [0.15, 0.2) is 6.61 Å². The van der Waals surface area contributed by atoms with Crippen molar-refractivity contribution in [2.24, 2.45) is 16.7 Å². The van der Waals surface area contributed by atoms with Crippen molar-refractivity contribution >= 4 is 5.97 Å². The zero-order valence-corrected chi connectivity index (χ0v) is 12.6. The quantitative estimate of drug-likeness (QED) is 0.690. The smallest absolute Gasteiger partial charge is 0.422 e. The molecule has 0 N–H and O–H groups in total. The van der Waals surface area contributed by atoms with Crippen LogP contribution in [-0.4, -0.2) is 18.8 Å². The molecule has 1 atom stereocenters. The van der Waals surface area contributed by atoms with Crippen molar-refractivity contribution in [2.75, 3.05) is 6.61 Å². The van der Waals surface area contributed by atoms with Crippen molar-refractivity contribution in [3.63, 3.8) is 0 Å². The van der Waals surface area contributed by atoms with E-state index in [4.69, 9.17) is 0 Å². The van der Waals surface area contributed by atoms with E-state index in [-0.39, 0.29) is 11.3 Å². The van der Waals surface area contributed by atoms with E-state index in [1.807, 2.05) is 34.6 Å². The first kappa shape index (κ1) is 18.3. The Hall–Kier alpha value is -0.740. The van der Waals surface area contributed by atoms with Gasteiger partial charge in [-0.05, 0) is 31.1 Å². The maximum absolute atomic E-state index is 12.1. The van der Waals surface area contributed by atoms with Gasteiger partial charge in [-0.15, -0.1) is 0 Å². The molecule has 0 saturated carbocycles. The molecule has 0 bridgehead atoms. The van der Waals surface area contributed by atoms with Crippen LogP contribution in [0.1, 0.15) is 54.4 Å². The zero-order valence-electron chi connectivity index (χ0n) is 12.6. The molecular formula is C14H25F3O2. The van der Waals surface area contributed by atoms with Gasteiger partial charge >= 0.3 is 12.1 Å². The molecule has 0 radical (unpaired) electrons. The fourth-order valence-corrected chi connectivity index (χ4v) is 2.62. The first-order chi connectivity index (χ1) is 8.25. The molecule has 1 unspecified atom stereocenters. The monoisotopic (exact) mass is 282 g/mol. The molecule has 0 aromatic rings. The van der Waals surface area contributed by atoms with E-state index in [0.29, 0.717) is 12.8 Å². The second-order valence-electron chi connectivity index (χ2n) is 7.09. The number of halogens is 3. The van der Waals surface area contributed by atoms with Crippen molar-refractivity contribution in [3.05, 3.63) is 0 Å². The van der Waals surface area contributed by atoms with Crippen molar-refractivity contribution < 1.29 is 22.7 Å². The number of carbonyl (C=O) groups excluding carboxylic acids is 1. The Balaban J connectivity index is 4.88. The van der Waals surface area contributed by atoms with Crippen molar-refractivity contribution in [1.29, 1.82) is 0 Å². The lowest BCUT2D eigenvalue weighted by Crippen LogP contribution is -2.37. The lowest BCUT2D eigenvalue weighted by Gasteiger charge is -2.35. The van der Waals surface area contributed by atoms with Crippen LogP contribution in [0, 0.1) is 16.7 Å². The molecule has 0 saturated heterocycles. The number of ether oxygens (including phenoxy) is 1. The van der Waals surface area contributed by atoms with E-state index >= 15 is 0 Å². The van der Waals surface area contributed by atoms with Crippen LogP contribution < -0.4 is 0 Å². The Morgan fingerprint density at radius 3 is 1.89 bits per heavy atom. The molecule has 0 amide bonds. The van der Waals surface area contributed by atoms with E-state index in [2.05, 4.69) is 4.74 Å². The largest absolute Gasteiger partial charge is 0.456 e. The maximum Gasteiger partial charge on any atom is 0.422 e. The fourth-order valence-electron chi connectivity index (χ4n) is 2.62. The van der Waals surface area contributed by atoms with Crippen LogP contribution in [0.5, 0.6) is 0 Å². The number of hydrogen-bond donors (Lipinski definition) is 0. The highest BCUT2D eigenvalue weighted by atomic mass is 19.4. The average molecular weight is 282 g/mol. The molecule has 19 heavy (non-hydrogen) atoms. The molecule has 0 aromatic carbocycles. The number of carbonyl (C=O) groups is 1. The van der Waals surface area contributed by atoms with Gasteiger partial charge < -0.3 is 4.74 Å². The summed E-state index contributed by atoms with van der Waals surface area (Å²) in [5.74, 6) is -0.542. The van der Waals surface area contributed by atoms with Crippen LogP contribution >= 0.6 is 0 Å². The van der Waals surface area contributed by atoms with Crippen LogP contribution in [0.4, 0.5) is 13.2 Å². The highest BCUT2D eigenvalue weighted by Gasteiger charge is 2.41. The summed E-state index contributed by atoms with van der Waals surface area (Å²) in [5, 5.41) is 0. The predicted octanol–water partition coefficient (Wildman–Crippen LogP) is 4.58. The standard InChI is InChI=1S/C14H25F3O2/c1-10(2)7-13(6,8-12(3,4)5)11(18)19-9-14(15,16)17/h10H,7-9H2,1-6H3. The lowest BCUT2D eigenvalue weighted by atomic mass is 9.71. The molecule has 0 spiro atoms. The second-order valence-corrected chi connectivity index (χ2v) is 7.09. The SMILES string of the molecule is CC(C)CC(C)(CC(C)(C)C)C(=O)OCC(F)(F)F. The minimum atomic E-state index is -4.48. The van der Waals surface area contributed by atoms with Gasteiger partial charge in [-0.25, -0.2) is 0 Å². The number of hydrogen-bond acceptors (Lipinski definition) is 2. The van der Waals surface area contributed by atoms with Crippen LogP contribution in [0.25, 0.3) is 0 Å². The van der Waals surface area contributed by atoms with Gasteiger partial charge in [-0.3, -0.25) is 4.79 Å². The van der Waals surface area contributed by atoms with Crippen molar-refractivity contribution in [1.82, 2.24) is 0 Å². The van der Waals surface area contributed by atoms with Crippen LogP contribution in [-0.2, 0) is 9.53 Å². The molecular weight excluding hydrogens is 257 g/mol. The van der Waals surface area contributed by atoms with Gasteiger partial charge in [0.05, 0.1) is 5.41 Å². The summed E-state index contributed by atoms with van der Waals surface area (Å²) in [6.07, 6.45) is -3.47. The van der Waals surface area contributed by atoms with E-state index in [1.54, 1.807) is 6.92 Å². The molecule has 0 aliphatic carbocycles. The topological polar surface area (TPSA) is 26.3 Å². The average Bonchev–Trinajstić information content (AvgIpc) is 2.07. The Morgan fingerprint density at radius 2 is 1.58 bits per heavy atom. The van der Waals surface area contributed by atoms with Crippen molar-refractivity contribution in [3.8, 4) is 0 Å². The molecule has 0 aromatic heterocycles. The van der Waals surface area contributed by atoms with E-state index in [1.165, 1.54) is 0 Å². The van der Waals surface area contributed by atoms with Crippen molar-refractivity contribution in [2.45, 2.75) is 60.6 Å². The lowest BCUT2D eigenvalue weighted by molar-refractivity contribution is -0.194. The molecule has 0 aliphatic rings. The Kier molecular flexibility index (Phi) is 5.90. The summed E-state index contributed by atoms with van der Waals surface area (Å²) in [6, 6.07) is 0. The van der Waals surface area contributed by atoms with Gasteiger partial charge in [0.1, 0.15) is 0 Å². The van der Waals surface area contributed by atoms with Crippen LogP contribution in [0.15, 0.2) is 0 Å². The summed E-state index contributed by atoms with van der Waals surface area (Å²) in [4.78, 5) is 12.0. The summed E-state index contributed by atoms with van der Waals surface area (Å²) >= 11 is 0. The van der Waals surface area contributed by atoms with Gasteiger partial charge in [0, 0.05) is 0 Å². The second kappa shape index (κ2) is 6.14. The number of alkyl halides is 3. The molecule has 0 heterocycles. The summed E-state index contributed by atoms with van der Waals surface area (Å²) in [6.45, 7) is 9.95. The van der Waals surface area contributed by atoms with Gasteiger partial charge in [0.25, 0.3) is 0 Å². The molecule has 2 nitrogen and oxygen atoms in total. The Bertz CT molecular complexity index is 303. The molecule has 0 rings (SSSR count).